The van der Waals surface area contributed by atoms with Crippen LogP contribution in [0.2, 0.25) is 0 Å². The van der Waals surface area contributed by atoms with E-state index in [2.05, 4.69) is 39.0 Å². The van der Waals surface area contributed by atoms with Gasteiger partial charge in [-0.2, -0.15) is 0 Å². The molecule has 300 valence electrons. The molecular formula is C42H73NO8S. The highest BCUT2D eigenvalue weighted by Crippen LogP contribution is 2.22. The van der Waals surface area contributed by atoms with Gasteiger partial charge in [0.05, 0.1) is 12.7 Å². The van der Waals surface area contributed by atoms with Gasteiger partial charge >= 0.3 is 17.9 Å². The monoisotopic (exact) mass is 752 g/mol. The Labute approximate surface area is 320 Å². The molecule has 0 fully saturated rings. The topological polar surface area (TPSA) is 156 Å². The molecule has 0 aromatic heterocycles. The van der Waals surface area contributed by atoms with Crippen LogP contribution < -0.4 is 5.73 Å². The summed E-state index contributed by atoms with van der Waals surface area (Å²) >= 11 is 1.27. The molecule has 0 saturated heterocycles. The van der Waals surface area contributed by atoms with Crippen LogP contribution in [0.1, 0.15) is 149 Å². The molecule has 9 nitrogen and oxygen atoms in total. The smallest absolute Gasteiger partial charge is 0.323 e. The Balaban J connectivity index is 4.54. The minimum atomic E-state index is -1.01. The lowest BCUT2D eigenvalue weighted by atomic mass is 10.0. The van der Waals surface area contributed by atoms with Gasteiger partial charge in [-0.3, -0.25) is 14.4 Å². The molecule has 0 aliphatic carbocycles. The fourth-order valence-electron chi connectivity index (χ4n) is 5.36. The number of nitrogens with two attached hydrogens (primary N) is 1. The van der Waals surface area contributed by atoms with Crippen LogP contribution in [0, 0.1) is 5.92 Å². The number of carbonyl (C=O) groups excluding carboxylic acids is 2. The summed E-state index contributed by atoms with van der Waals surface area (Å²) in [7, 11) is 0. The van der Waals surface area contributed by atoms with Crippen LogP contribution in [-0.2, 0) is 23.9 Å². The summed E-state index contributed by atoms with van der Waals surface area (Å²) in [6.45, 7) is 5.97. The van der Waals surface area contributed by atoms with Gasteiger partial charge in [-0.05, 0) is 44.4 Å². The van der Waals surface area contributed by atoms with Gasteiger partial charge in [-0.1, -0.05) is 146 Å². The van der Waals surface area contributed by atoms with E-state index in [-0.39, 0.29) is 31.6 Å². The average Bonchev–Trinajstić information content (AvgIpc) is 3.11. The fourth-order valence-corrected chi connectivity index (χ4v) is 6.48. The van der Waals surface area contributed by atoms with Gasteiger partial charge in [-0.25, -0.2) is 0 Å². The maximum absolute atomic E-state index is 12.6. The van der Waals surface area contributed by atoms with Gasteiger partial charge in [0, 0.05) is 23.8 Å². The minimum Gasteiger partial charge on any atom is -0.481 e. The number of aliphatic hydroxyl groups excluding tert-OH is 2. The SMILES string of the molecule is CCCCC/C=C\C\C=C/C=C/C=C/[C@@H](SC[C@H](N)C(=O)OC[C@H](CO)OC(=O)CCCCCCCCCCCCC(C)C)[C@@H](O)CCCC(=O)O. The zero-order valence-corrected chi connectivity index (χ0v) is 33.5. The summed E-state index contributed by atoms with van der Waals surface area (Å²) in [6, 6.07) is -1.01. The molecule has 0 aromatic rings. The van der Waals surface area contributed by atoms with Crippen molar-refractivity contribution in [2.24, 2.45) is 11.7 Å². The standard InChI is InChI=1S/C42H73NO8S/c1-4-5-6-7-8-9-10-11-15-18-21-24-29-39(38(45)28-26-30-40(46)47)52-34-37(43)42(49)50-33-36(32-44)51-41(48)31-25-22-19-16-13-12-14-17-20-23-27-35(2)3/h8-9,11,15,18,21,24,29,35-39,44-45H,4-7,10,12-14,16-17,19-20,22-23,25-28,30-34,43H2,1-3H3,(H,46,47)/b9-8-,15-11-,21-18+,29-24+/t36-,37-,38-,39+/m0/s1. The summed E-state index contributed by atoms with van der Waals surface area (Å²) in [5, 5.41) is 29.0. The van der Waals surface area contributed by atoms with Crippen molar-refractivity contribution in [2.45, 2.75) is 173 Å². The van der Waals surface area contributed by atoms with Gasteiger partial charge in [0.15, 0.2) is 6.10 Å². The van der Waals surface area contributed by atoms with Crippen LogP contribution in [0.5, 0.6) is 0 Å². The molecule has 0 aromatic carbocycles. The fraction of sp³-hybridized carbons (Fsp3) is 0.738. The number of allylic oxidation sites excluding steroid dienone is 7. The quantitative estimate of drug-likeness (QED) is 0.0213. The van der Waals surface area contributed by atoms with E-state index in [9.17, 15) is 24.6 Å². The van der Waals surface area contributed by atoms with Crippen molar-refractivity contribution in [3.05, 3.63) is 48.6 Å². The zero-order chi connectivity index (χ0) is 38.7. The second-order valence-corrected chi connectivity index (χ2v) is 15.3. The highest BCUT2D eigenvalue weighted by Gasteiger charge is 2.23. The minimum absolute atomic E-state index is 0.0444. The molecule has 0 amide bonds. The van der Waals surface area contributed by atoms with Crippen molar-refractivity contribution in [3.63, 3.8) is 0 Å². The van der Waals surface area contributed by atoms with E-state index in [1.807, 2.05) is 30.4 Å². The number of aliphatic carboxylic acids is 1. The molecule has 4 atom stereocenters. The van der Waals surface area contributed by atoms with Crippen molar-refractivity contribution in [1.29, 1.82) is 0 Å². The number of esters is 2. The Morgan fingerprint density at radius 3 is 2.06 bits per heavy atom. The molecule has 0 aliphatic heterocycles. The van der Waals surface area contributed by atoms with E-state index >= 15 is 0 Å². The summed E-state index contributed by atoms with van der Waals surface area (Å²) in [4.78, 5) is 35.8. The van der Waals surface area contributed by atoms with Crippen LogP contribution in [0.4, 0.5) is 0 Å². The van der Waals surface area contributed by atoms with Gasteiger partial charge in [0.2, 0.25) is 0 Å². The number of hydrogen-bond donors (Lipinski definition) is 4. The number of aliphatic hydroxyl groups is 2. The van der Waals surface area contributed by atoms with E-state index in [1.165, 1.54) is 82.4 Å². The number of carboxylic acids is 1. The predicted molar refractivity (Wildman–Crippen MR) is 215 cm³/mol. The molecule has 0 bridgehead atoms. The maximum atomic E-state index is 12.6. The molecule has 0 heterocycles. The van der Waals surface area contributed by atoms with Crippen LogP contribution >= 0.6 is 11.8 Å². The van der Waals surface area contributed by atoms with Crippen molar-refractivity contribution in [2.75, 3.05) is 19.0 Å². The van der Waals surface area contributed by atoms with Crippen LogP contribution in [-0.4, -0.2) is 75.7 Å². The third-order valence-electron chi connectivity index (χ3n) is 8.55. The normalized spacial score (nSPS) is 14.5. The van der Waals surface area contributed by atoms with Gasteiger partial charge in [0.25, 0.3) is 0 Å². The van der Waals surface area contributed by atoms with Crippen molar-refractivity contribution >= 4 is 29.7 Å². The van der Waals surface area contributed by atoms with Gasteiger partial charge in [0.1, 0.15) is 12.6 Å². The predicted octanol–water partition coefficient (Wildman–Crippen LogP) is 9.01. The lowest BCUT2D eigenvalue weighted by Gasteiger charge is -2.21. The second-order valence-electron chi connectivity index (χ2n) is 14.1. The van der Waals surface area contributed by atoms with E-state index in [0.717, 1.165) is 38.0 Å². The summed E-state index contributed by atoms with van der Waals surface area (Å²) in [6.07, 6.45) is 33.4. The summed E-state index contributed by atoms with van der Waals surface area (Å²) < 4.78 is 10.6. The van der Waals surface area contributed by atoms with E-state index in [1.54, 1.807) is 0 Å². The van der Waals surface area contributed by atoms with E-state index < -0.39 is 48.0 Å². The number of rotatable bonds is 35. The Kier molecular flexibility index (Phi) is 34.0. The zero-order valence-electron chi connectivity index (χ0n) is 32.6. The van der Waals surface area contributed by atoms with Crippen LogP contribution in [0.25, 0.3) is 0 Å². The largest absolute Gasteiger partial charge is 0.481 e. The first-order chi connectivity index (χ1) is 25.1. The Morgan fingerprint density at radius 1 is 0.769 bits per heavy atom. The number of unbranched alkanes of at least 4 members (excludes halogenated alkanes) is 12. The Morgan fingerprint density at radius 2 is 1.42 bits per heavy atom. The number of hydrogen-bond acceptors (Lipinski definition) is 9. The van der Waals surface area contributed by atoms with Crippen molar-refractivity contribution in [1.82, 2.24) is 0 Å². The van der Waals surface area contributed by atoms with E-state index in [4.69, 9.17) is 20.3 Å². The maximum Gasteiger partial charge on any atom is 0.323 e. The molecule has 10 heteroatoms. The van der Waals surface area contributed by atoms with Crippen LogP contribution in [0.3, 0.4) is 0 Å². The Bertz CT molecular complexity index is 1010. The summed E-state index contributed by atoms with van der Waals surface area (Å²) in [5.41, 5.74) is 6.09. The number of thioether (sulfide) groups is 1. The average molecular weight is 752 g/mol. The molecular weight excluding hydrogens is 679 g/mol. The highest BCUT2D eigenvalue weighted by atomic mass is 32.2. The molecule has 0 radical (unpaired) electrons. The second kappa shape index (κ2) is 35.6. The molecule has 52 heavy (non-hydrogen) atoms. The third-order valence-corrected chi connectivity index (χ3v) is 9.96. The molecule has 0 aliphatic rings. The van der Waals surface area contributed by atoms with Gasteiger partial charge in [-0.15, -0.1) is 11.8 Å². The first-order valence-electron chi connectivity index (χ1n) is 20.0. The molecule has 0 saturated carbocycles. The Hall–Kier alpha value is -2.40. The molecule has 0 unspecified atom stereocenters. The van der Waals surface area contributed by atoms with Crippen LogP contribution in [0.15, 0.2) is 48.6 Å². The number of carboxylic acid groups (broad SMARTS) is 1. The molecule has 0 rings (SSSR count). The first kappa shape index (κ1) is 49.6. The highest BCUT2D eigenvalue weighted by molar-refractivity contribution is 8.00. The lowest BCUT2D eigenvalue weighted by molar-refractivity contribution is -0.161. The molecule has 5 N–H and O–H groups in total. The third kappa shape index (κ3) is 32.3. The van der Waals surface area contributed by atoms with Crippen molar-refractivity contribution in [3.8, 4) is 0 Å². The summed E-state index contributed by atoms with van der Waals surface area (Å²) in [5.74, 6) is -1.12. The first-order valence-corrected chi connectivity index (χ1v) is 21.0. The lowest BCUT2D eigenvalue weighted by Crippen LogP contribution is -2.38. The number of ether oxygens (including phenoxy) is 2. The van der Waals surface area contributed by atoms with Crippen molar-refractivity contribution < 1.29 is 39.2 Å². The molecule has 0 spiro atoms. The number of carbonyl (C=O) groups is 3. The van der Waals surface area contributed by atoms with E-state index in [0.29, 0.717) is 6.42 Å². The van der Waals surface area contributed by atoms with Gasteiger partial charge < -0.3 is 30.5 Å².